The molecule has 0 amide bonds. The smallest absolute Gasteiger partial charge is 0.312 e. The molecule has 19 heavy (non-hydrogen) atoms. The minimum Gasteiger partial charge on any atom is -0.481 e. The average molecular weight is 367 g/mol. The van der Waals surface area contributed by atoms with E-state index in [4.69, 9.17) is 0 Å². The molecule has 0 aliphatic rings. The summed E-state index contributed by atoms with van der Waals surface area (Å²) >= 11 is 2.23. The molecule has 0 aromatic heterocycles. The average Bonchev–Trinajstić information content (AvgIpc) is 2.42. The topological polar surface area (TPSA) is 49.3 Å². The summed E-state index contributed by atoms with van der Waals surface area (Å²) in [5.41, 5.74) is 1.78. The van der Waals surface area contributed by atoms with Gasteiger partial charge in [0.05, 0.1) is 5.92 Å². The van der Waals surface area contributed by atoms with Crippen LogP contribution in [0.5, 0.6) is 0 Å². The predicted molar refractivity (Wildman–Crippen MR) is 84.5 cm³/mol. The van der Waals surface area contributed by atoms with Crippen LogP contribution in [0, 0.1) is 3.57 Å². The maximum Gasteiger partial charge on any atom is 0.312 e. The van der Waals surface area contributed by atoms with Crippen molar-refractivity contribution in [1.29, 1.82) is 0 Å². The molecule has 0 aliphatic heterocycles. The summed E-state index contributed by atoms with van der Waals surface area (Å²) in [6.45, 7) is 0.374. The lowest BCUT2D eigenvalue weighted by molar-refractivity contribution is -0.138. The summed E-state index contributed by atoms with van der Waals surface area (Å²) in [7, 11) is 0. The molecular formula is C15H14INO2. The van der Waals surface area contributed by atoms with E-state index < -0.39 is 11.9 Å². The van der Waals surface area contributed by atoms with Crippen molar-refractivity contribution < 1.29 is 9.90 Å². The van der Waals surface area contributed by atoms with Crippen LogP contribution >= 0.6 is 22.6 Å². The second kappa shape index (κ2) is 6.56. The van der Waals surface area contributed by atoms with Gasteiger partial charge in [-0.05, 0) is 40.3 Å². The number of aliphatic carboxylic acids is 1. The molecular weight excluding hydrogens is 353 g/mol. The van der Waals surface area contributed by atoms with Gasteiger partial charge in [-0.3, -0.25) is 4.79 Å². The summed E-state index contributed by atoms with van der Waals surface area (Å²) in [6.07, 6.45) is 0. The van der Waals surface area contributed by atoms with Crippen LogP contribution in [0.3, 0.4) is 0 Å². The van der Waals surface area contributed by atoms with Gasteiger partial charge < -0.3 is 10.4 Å². The van der Waals surface area contributed by atoms with E-state index in [9.17, 15) is 9.90 Å². The third-order valence-electron chi connectivity index (χ3n) is 2.87. The van der Waals surface area contributed by atoms with E-state index in [1.807, 2.05) is 54.6 Å². The van der Waals surface area contributed by atoms with E-state index in [0.717, 1.165) is 14.8 Å². The molecule has 0 aliphatic carbocycles. The highest BCUT2D eigenvalue weighted by Gasteiger charge is 2.19. The van der Waals surface area contributed by atoms with Gasteiger partial charge in [0, 0.05) is 15.8 Å². The lowest BCUT2D eigenvalue weighted by Gasteiger charge is -2.15. The molecule has 0 radical (unpaired) electrons. The Balaban J connectivity index is 2.11. The van der Waals surface area contributed by atoms with E-state index in [0.29, 0.717) is 6.54 Å². The van der Waals surface area contributed by atoms with Crippen LogP contribution in [-0.4, -0.2) is 17.6 Å². The van der Waals surface area contributed by atoms with Crippen LogP contribution in [0.25, 0.3) is 0 Å². The van der Waals surface area contributed by atoms with Crippen molar-refractivity contribution in [2.24, 2.45) is 0 Å². The Kier molecular flexibility index (Phi) is 4.79. The number of hydrogen-bond acceptors (Lipinski definition) is 2. The van der Waals surface area contributed by atoms with Crippen molar-refractivity contribution in [2.45, 2.75) is 5.92 Å². The van der Waals surface area contributed by atoms with Crippen molar-refractivity contribution in [2.75, 3.05) is 11.9 Å². The second-order valence-electron chi connectivity index (χ2n) is 4.16. The number of carbonyl (C=O) groups is 1. The van der Waals surface area contributed by atoms with E-state index in [-0.39, 0.29) is 0 Å². The number of rotatable bonds is 5. The molecule has 2 aromatic rings. The van der Waals surface area contributed by atoms with Gasteiger partial charge in [-0.15, -0.1) is 0 Å². The largest absolute Gasteiger partial charge is 0.481 e. The van der Waals surface area contributed by atoms with Gasteiger partial charge in [0.25, 0.3) is 0 Å². The van der Waals surface area contributed by atoms with E-state index in [2.05, 4.69) is 27.9 Å². The van der Waals surface area contributed by atoms with Crippen LogP contribution < -0.4 is 5.32 Å². The Morgan fingerprint density at radius 3 is 2.37 bits per heavy atom. The lowest BCUT2D eigenvalue weighted by atomic mass is 9.99. The molecule has 1 unspecified atom stereocenters. The maximum absolute atomic E-state index is 11.4. The van der Waals surface area contributed by atoms with E-state index >= 15 is 0 Å². The van der Waals surface area contributed by atoms with Gasteiger partial charge in [-0.1, -0.05) is 42.5 Å². The number of carboxylic acid groups (broad SMARTS) is 1. The first-order valence-corrected chi connectivity index (χ1v) is 7.02. The number of nitrogens with one attached hydrogen (secondary N) is 1. The van der Waals surface area contributed by atoms with Crippen molar-refractivity contribution >= 4 is 34.2 Å². The highest BCUT2D eigenvalue weighted by molar-refractivity contribution is 14.1. The van der Waals surface area contributed by atoms with E-state index in [1.54, 1.807) is 0 Å². The molecule has 0 spiro atoms. The first kappa shape index (κ1) is 13.9. The standard InChI is InChI=1S/C15H14INO2/c16-13-8-4-5-9-14(13)17-10-12(15(18)19)11-6-2-1-3-7-11/h1-9,12,17H,10H2,(H,18,19). The zero-order valence-corrected chi connectivity index (χ0v) is 12.4. The number of anilines is 1. The van der Waals surface area contributed by atoms with Crippen LogP contribution in [-0.2, 0) is 4.79 Å². The number of carboxylic acids is 1. The molecule has 2 rings (SSSR count). The van der Waals surface area contributed by atoms with Gasteiger partial charge in [-0.25, -0.2) is 0 Å². The third-order valence-corrected chi connectivity index (χ3v) is 3.81. The fraction of sp³-hybridized carbons (Fsp3) is 0.133. The van der Waals surface area contributed by atoms with Crippen molar-refractivity contribution in [3.63, 3.8) is 0 Å². The third kappa shape index (κ3) is 3.70. The van der Waals surface area contributed by atoms with Crippen molar-refractivity contribution in [3.05, 3.63) is 63.7 Å². The van der Waals surface area contributed by atoms with Crippen LogP contribution in [0.2, 0.25) is 0 Å². The molecule has 1 atom stereocenters. The summed E-state index contributed by atoms with van der Waals surface area (Å²) in [4.78, 5) is 11.4. The Morgan fingerprint density at radius 2 is 1.74 bits per heavy atom. The minimum absolute atomic E-state index is 0.374. The van der Waals surface area contributed by atoms with Gasteiger partial charge in [0.15, 0.2) is 0 Å². The van der Waals surface area contributed by atoms with Crippen molar-refractivity contribution in [3.8, 4) is 0 Å². The SMILES string of the molecule is O=C(O)C(CNc1ccccc1I)c1ccccc1. The molecule has 0 heterocycles. The molecule has 2 N–H and O–H groups in total. The maximum atomic E-state index is 11.4. The Labute approximate surface area is 125 Å². The molecule has 3 nitrogen and oxygen atoms in total. The number of benzene rings is 2. The molecule has 4 heteroatoms. The molecule has 0 saturated carbocycles. The first-order chi connectivity index (χ1) is 9.18. The first-order valence-electron chi connectivity index (χ1n) is 5.94. The molecule has 0 fully saturated rings. The fourth-order valence-corrected chi connectivity index (χ4v) is 2.43. The summed E-state index contributed by atoms with van der Waals surface area (Å²) < 4.78 is 1.08. The highest BCUT2D eigenvalue weighted by atomic mass is 127. The Hall–Kier alpha value is -1.56. The summed E-state index contributed by atoms with van der Waals surface area (Å²) in [5, 5.41) is 12.5. The van der Waals surface area contributed by atoms with Crippen molar-refractivity contribution in [1.82, 2.24) is 0 Å². The predicted octanol–water partition coefficient (Wildman–Crippen LogP) is 3.57. The second-order valence-corrected chi connectivity index (χ2v) is 5.32. The zero-order valence-electron chi connectivity index (χ0n) is 10.2. The Morgan fingerprint density at radius 1 is 1.11 bits per heavy atom. The molecule has 0 bridgehead atoms. The monoisotopic (exact) mass is 367 g/mol. The molecule has 98 valence electrons. The van der Waals surface area contributed by atoms with E-state index in [1.165, 1.54) is 0 Å². The molecule has 0 saturated heterocycles. The molecule has 2 aromatic carbocycles. The number of para-hydroxylation sites is 1. The zero-order chi connectivity index (χ0) is 13.7. The fourth-order valence-electron chi connectivity index (χ4n) is 1.85. The van der Waals surface area contributed by atoms with Gasteiger partial charge in [0.2, 0.25) is 0 Å². The minimum atomic E-state index is -0.815. The van der Waals surface area contributed by atoms with Gasteiger partial charge >= 0.3 is 5.97 Å². The lowest BCUT2D eigenvalue weighted by Crippen LogP contribution is -2.21. The summed E-state index contributed by atoms with van der Waals surface area (Å²) in [6, 6.07) is 17.1. The number of hydrogen-bond donors (Lipinski definition) is 2. The van der Waals surface area contributed by atoms with Gasteiger partial charge in [-0.2, -0.15) is 0 Å². The van der Waals surface area contributed by atoms with Crippen LogP contribution in [0.4, 0.5) is 5.69 Å². The Bertz CT molecular complexity index is 557. The highest BCUT2D eigenvalue weighted by Crippen LogP contribution is 2.20. The van der Waals surface area contributed by atoms with Crippen LogP contribution in [0.15, 0.2) is 54.6 Å². The van der Waals surface area contributed by atoms with Crippen LogP contribution in [0.1, 0.15) is 11.5 Å². The van der Waals surface area contributed by atoms with Gasteiger partial charge in [0.1, 0.15) is 0 Å². The normalized spacial score (nSPS) is 11.8. The summed E-state index contributed by atoms with van der Waals surface area (Å²) in [5.74, 6) is -1.36. The quantitative estimate of drug-likeness (QED) is 0.795. The number of halogens is 1.